The highest BCUT2D eigenvalue weighted by Crippen LogP contribution is 2.40. The molecule has 0 aliphatic carbocycles. The molecule has 254 valence electrons. The molecular weight excluding hydrogens is 710 g/mol. The van der Waals surface area contributed by atoms with Gasteiger partial charge in [-0.05, 0) is 68.5 Å². The van der Waals surface area contributed by atoms with Gasteiger partial charge in [0.05, 0.1) is 12.7 Å². The molecule has 0 bridgehead atoms. The van der Waals surface area contributed by atoms with Crippen LogP contribution < -0.4 is 10.6 Å². The second kappa shape index (κ2) is 15.5. The summed E-state index contributed by atoms with van der Waals surface area (Å²) < 4.78 is 7.07. The van der Waals surface area contributed by atoms with Gasteiger partial charge in [0.1, 0.15) is 23.3 Å². The van der Waals surface area contributed by atoms with Gasteiger partial charge in [-0.1, -0.05) is 103 Å². The molecule has 11 heteroatoms. The van der Waals surface area contributed by atoms with E-state index in [1.807, 2.05) is 91.0 Å². The van der Waals surface area contributed by atoms with Crippen LogP contribution in [0.1, 0.15) is 48.8 Å². The summed E-state index contributed by atoms with van der Waals surface area (Å²) in [5.74, 6) is -1.55. The van der Waals surface area contributed by atoms with Gasteiger partial charge in [-0.2, -0.15) is 0 Å². The molecule has 3 N–H and O–H groups in total. The average molecular weight is 743 g/mol. The number of ether oxygens (including phenoxy) is 1. The van der Waals surface area contributed by atoms with E-state index in [-0.39, 0.29) is 35.3 Å². The minimum atomic E-state index is -0.931. The number of methoxy groups -OCH3 is 1. The van der Waals surface area contributed by atoms with Crippen molar-refractivity contribution < 1.29 is 24.2 Å². The fourth-order valence-corrected chi connectivity index (χ4v) is 6.36. The number of aromatic hydroxyl groups is 1. The molecule has 0 unspecified atom stereocenters. The first-order chi connectivity index (χ1) is 24.8. The molecule has 5 aromatic carbocycles. The summed E-state index contributed by atoms with van der Waals surface area (Å²) in [6.07, 6.45) is 2.94. The minimum absolute atomic E-state index is 0.101. The summed E-state index contributed by atoms with van der Waals surface area (Å²) in [5.41, 5.74) is 2.89. The third-order valence-corrected chi connectivity index (χ3v) is 8.85. The number of halogens is 1. The zero-order valence-electron chi connectivity index (χ0n) is 27.4. The van der Waals surface area contributed by atoms with Crippen LogP contribution in [-0.2, 0) is 21.6 Å². The van der Waals surface area contributed by atoms with Crippen molar-refractivity contribution in [2.45, 2.75) is 12.1 Å². The number of aromatic nitrogens is 3. The number of carbonyl (C=O) groups is 3. The highest BCUT2D eigenvalue weighted by atomic mass is 79.9. The quantitative estimate of drug-likeness (QED) is 0.0788. The molecule has 1 heterocycles. The second-order valence-electron chi connectivity index (χ2n) is 11.4. The number of nitrogens with zero attached hydrogens (tertiary/aromatic N) is 3. The monoisotopic (exact) mass is 741 g/mol. The van der Waals surface area contributed by atoms with Gasteiger partial charge in [-0.3, -0.25) is 9.59 Å². The third-order valence-electron chi connectivity index (χ3n) is 8.19. The number of nitrogens with one attached hydrogen (secondary N) is 2. The van der Waals surface area contributed by atoms with Gasteiger partial charge in [0.25, 0.3) is 11.8 Å². The van der Waals surface area contributed by atoms with Gasteiger partial charge in [0, 0.05) is 22.7 Å². The standard InChI is InChI=1S/C40H32BrN5O5/c1-51-39(50)35(44-38(49)33-21-20-28(23-34(33)41)37(48)42-25-27-12-11-19-32(47)22-27)24-36-43-26-46(45-36)40(29-13-5-2-6-14-29,30-15-7-3-8-16-30)31-17-9-4-10-18-31/h2-24,26,47H,25H2,1H3,(H,42,48)(H,44,49)/b35-24-. The van der Waals surface area contributed by atoms with E-state index in [0.717, 1.165) is 22.3 Å². The van der Waals surface area contributed by atoms with Crippen molar-refractivity contribution >= 4 is 39.8 Å². The number of rotatable bonds is 11. The fourth-order valence-electron chi connectivity index (χ4n) is 5.80. The van der Waals surface area contributed by atoms with E-state index in [1.54, 1.807) is 35.3 Å². The predicted octanol–water partition coefficient (Wildman–Crippen LogP) is 6.46. The van der Waals surface area contributed by atoms with E-state index in [1.165, 1.54) is 31.4 Å². The van der Waals surface area contributed by atoms with Crippen LogP contribution in [-0.4, -0.2) is 44.8 Å². The van der Waals surface area contributed by atoms with Gasteiger partial charge >= 0.3 is 5.97 Å². The Morgan fingerprint density at radius 2 is 1.41 bits per heavy atom. The molecule has 0 saturated heterocycles. The number of phenolic OH excluding ortho intramolecular Hbond substituents is 1. The number of carbonyl (C=O) groups excluding carboxylic acids is 3. The van der Waals surface area contributed by atoms with E-state index in [0.29, 0.717) is 10.0 Å². The molecular formula is C40H32BrN5O5. The first kappa shape index (κ1) is 34.5. The summed E-state index contributed by atoms with van der Waals surface area (Å²) in [7, 11) is 1.21. The zero-order valence-corrected chi connectivity index (χ0v) is 28.9. The van der Waals surface area contributed by atoms with Crippen LogP contribution in [0.4, 0.5) is 0 Å². The summed E-state index contributed by atoms with van der Waals surface area (Å²) in [5, 5.41) is 19.9. The summed E-state index contributed by atoms with van der Waals surface area (Å²) in [6.45, 7) is 0.202. The highest BCUT2D eigenvalue weighted by Gasteiger charge is 2.39. The molecule has 1 aromatic heterocycles. The molecule has 0 fully saturated rings. The Balaban J connectivity index is 1.30. The first-order valence-corrected chi connectivity index (χ1v) is 16.6. The molecule has 2 amide bonds. The number of hydrogen-bond donors (Lipinski definition) is 3. The van der Waals surface area contributed by atoms with Crippen LogP contribution in [0.5, 0.6) is 5.75 Å². The third kappa shape index (κ3) is 7.48. The van der Waals surface area contributed by atoms with Crippen molar-refractivity contribution in [2.24, 2.45) is 0 Å². The van der Waals surface area contributed by atoms with Gasteiger partial charge in [-0.15, -0.1) is 5.10 Å². The van der Waals surface area contributed by atoms with Crippen LogP contribution in [0.15, 0.2) is 150 Å². The van der Waals surface area contributed by atoms with Crippen molar-refractivity contribution in [1.29, 1.82) is 0 Å². The lowest BCUT2D eigenvalue weighted by atomic mass is 9.77. The van der Waals surface area contributed by atoms with E-state index >= 15 is 0 Å². The molecule has 0 atom stereocenters. The second-order valence-corrected chi connectivity index (χ2v) is 12.3. The first-order valence-electron chi connectivity index (χ1n) is 15.9. The van der Waals surface area contributed by atoms with Crippen molar-refractivity contribution in [3.05, 3.63) is 189 Å². The Hall–Kier alpha value is -6.33. The molecule has 0 aliphatic heterocycles. The maximum absolute atomic E-state index is 13.5. The number of benzene rings is 5. The van der Waals surface area contributed by atoms with Crippen LogP contribution in [0.3, 0.4) is 0 Å². The Morgan fingerprint density at radius 1 is 0.804 bits per heavy atom. The van der Waals surface area contributed by atoms with Crippen molar-refractivity contribution in [3.63, 3.8) is 0 Å². The molecule has 0 radical (unpaired) electrons. The van der Waals surface area contributed by atoms with Gasteiger partial charge in [0.15, 0.2) is 5.82 Å². The Labute approximate surface area is 302 Å². The van der Waals surface area contributed by atoms with E-state index in [9.17, 15) is 19.5 Å². The SMILES string of the molecule is COC(=O)/C(=C/c1ncn(C(c2ccccc2)(c2ccccc2)c2ccccc2)n1)NC(=O)c1ccc(C(=O)NCc2cccc(O)c2)cc1Br. The zero-order chi connectivity index (χ0) is 35.8. The van der Waals surface area contributed by atoms with Crippen molar-refractivity contribution in [3.8, 4) is 5.75 Å². The van der Waals surface area contributed by atoms with E-state index in [4.69, 9.17) is 9.84 Å². The van der Waals surface area contributed by atoms with Gasteiger partial charge in [0.2, 0.25) is 0 Å². The lowest BCUT2D eigenvalue weighted by molar-refractivity contribution is -0.136. The van der Waals surface area contributed by atoms with Crippen LogP contribution in [0.25, 0.3) is 6.08 Å². The molecule has 51 heavy (non-hydrogen) atoms. The lowest BCUT2D eigenvalue weighted by Crippen LogP contribution is -2.38. The van der Waals surface area contributed by atoms with E-state index in [2.05, 4.69) is 31.5 Å². The fraction of sp³-hybridized carbons (Fsp3) is 0.0750. The molecule has 0 saturated carbocycles. The van der Waals surface area contributed by atoms with E-state index < -0.39 is 17.4 Å². The molecule has 0 aliphatic rings. The lowest BCUT2D eigenvalue weighted by Gasteiger charge is -2.35. The Bertz CT molecular complexity index is 2110. The minimum Gasteiger partial charge on any atom is -0.508 e. The largest absolute Gasteiger partial charge is 0.508 e. The number of hydrogen-bond acceptors (Lipinski definition) is 7. The number of esters is 1. The molecule has 0 spiro atoms. The predicted molar refractivity (Wildman–Crippen MR) is 196 cm³/mol. The van der Waals surface area contributed by atoms with Crippen LogP contribution >= 0.6 is 15.9 Å². The maximum atomic E-state index is 13.5. The topological polar surface area (TPSA) is 135 Å². The molecule has 10 nitrogen and oxygen atoms in total. The summed E-state index contributed by atoms with van der Waals surface area (Å²) in [6, 6.07) is 40.8. The maximum Gasteiger partial charge on any atom is 0.354 e. The Morgan fingerprint density at radius 3 is 1.96 bits per heavy atom. The van der Waals surface area contributed by atoms with Crippen molar-refractivity contribution in [1.82, 2.24) is 25.4 Å². The van der Waals surface area contributed by atoms with Crippen LogP contribution in [0.2, 0.25) is 0 Å². The molecule has 6 rings (SSSR count). The molecule has 6 aromatic rings. The average Bonchev–Trinajstić information content (AvgIpc) is 3.63. The van der Waals surface area contributed by atoms with Crippen molar-refractivity contribution in [2.75, 3.05) is 7.11 Å². The summed E-state index contributed by atoms with van der Waals surface area (Å²) in [4.78, 5) is 43.8. The number of amides is 2. The van der Waals surface area contributed by atoms with Gasteiger partial charge < -0.3 is 20.5 Å². The number of phenols is 1. The smallest absolute Gasteiger partial charge is 0.354 e. The summed E-state index contributed by atoms with van der Waals surface area (Å²) >= 11 is 3.39. The normalized spacial score (nSPS) is 11.5. The van der Waals surface area contributed by atoms with Crippen LogP contribution in [0, 0.1) is 0 Å². The Kier molecular flexibility index (Phi) is 10.5. The van der Waals surface area contributed by atoms with Gasteiger partial charge in [-0.25, -0.2) is 14.5 Å². The highest BCUT2D eigenvalue weighted by molar-refractivity contribution is 9.10.